The van der Waals surface area contributed by atoms with Crippen molar-refractivity contribution < 1.29 is 13.6 Å². The van der Waals surface area contributed by atoms with Crippen molar-refractivity contribution in [2.24, 2.45) is 0 Å². The minimum atomic E-state index is -0.828. The molecule has 2 rings (SSSR count). The lowest BCUT2D eigenvalue weighted by molar-refractivity contribution is 0.0961. The fourth-order valence-electron chi connectivity index (χ4n) is 1.44. The molecular formula is C12H8F2N2O2. The summed E-state index contributed by atoms with van der Waals surface area (Å²) >= 11 is 0. The van der Waals surface area contributed by atoms with Crippen LogP contribution >= 0.6 is 0 Å². The summed E-state index contributed by atoms with van der Waals surface area (Å²) in [4.78, 5) is 23.1. The van der Waals surface area contributed by atoms with E-state index in [1.807, 2.05) is 0 Å². The Balaban J connectivity index is 2.31. The zero-order chi connectivity index (χ0) is 13.1. The molecular weight excluding hydrogens is 242 g/mol. The predicted octanol–water partition coefficient (Wildman–Crippen LogP) is 1.40. The molecule has 0 N–H and O–H groups in total. The Morgan fingerprint density at radius 3 is 2.78 bits per heavy atom. The molecule has 0 saturated carbocycles. The lowest BCUT2D eigenvalue weighted by atomic mass is 10.1. The summed E-state index contributed by atoms with van der Waals surface area (Å²) in [5.41, 5.74) is -0.879. The Labute approximate surface area is 100 Å². The van der Waals surface area contributed by atoms with E-state index in [-0.39, 0.29) is 0 Å². The lowest BCUT2D eigenvalue weighted by Crippen LogP contribution is -2.25. The maximum atomic E-state index is 13.3. The lowest BCUT2D eigenvalue weighted by Gasteiger charge is -2.04. The molecule has 92 valence electrons. The highest BCUT2D eigenvalue weighted by Crippen LogP contribution is 2.10. The van der Waals surface area contributed by atoms with Gasteiger partial charge in [0.2, 0.25) is 0 Å². The van der Waals surface area contributed by atoms with Crippen molar-refractivity contribution in [3.8, 4) is 0 Å². The Kier molecular flexibility index (Phi) is 3.27. The third kappa shape index (κ3) is 2.48. The van der Waals surface area contributed by atoms with Gasteiger partial charge in [0.05, 0.1) is 5.56 Å². The summed E-state index contributed by atoms with van der Waals surface area (Å²) in [5.74, 6) is -2.26. The Morgan fingerprint density at radius 1 is 1.28 bits per heavy atom. The molecule has 2 aromatic rings. The Bertz CT molecular complexity index is 653. The van der Waals surface area contributed by atoms with E-state index in [1.165, 1.54) is 18.3 Å². The van der Waals surface area contributed by atoms with E-state index in [9.17, 15) is 18.4 Å². The van der Waals surface area contributed by atoms with Gasteiger partial charge in [0.25, 0.3) is 5.56 Å². The third-order valence-electron chi connectivity index (χ3n) is 2.31. The number of hydrogen-bond donors (Lipinski definition) is 0. The van der Waals surface area contributed by atoms with Crippen LogP contribution in [0.1, 0.15) is 10.4 Å². The van der Waals surface area contributed by atoms with Crippen molar-refractivity contribution in [3.63, 3.8) is 0 Å². The first kappa shape index (κ1) is 12.1. The summed E-state index contributed by atoms with van der Waals surface area (Å²) < 4.78 is 27.1. The fourth-order valence-corrected chi connectivity index (χ4v) is 1.44. The van der Waals surface area contributed by atoms with E-state index < -0.39 is 35.1 Å². The Hall–Kier alpha value is -2.37. The molecule has 0 saturated heterocycles. The van der Waals surface area contributed by atoms with Crippen LogP contribution in [0.2, 0.25) is 0 Å². The van der Waals surface area contributed by atoms with Gasteiger partial charge < -0.3 is 0 Å². The highest BCUT2D eigenvalue weighted by molar-refractivity contribution is 5.96. The highest BCUT2D eigenvalue weighted by atomic mass is 19.1. The maximum absolute atomic E-state index is 13.3. The van der Waals surface area contributed by atoms with E-state index >= 15 is 0 Å². The van der Waals surface area contributed by atoms with Crippen molar-refractivity contribution in [1.29, 1.82) is 0 Å². The van der Waals surface area contributed by atoms with Crippen LogP contribution in [0.4, 0.5) is 8.78 Å². The quantitative estimate of drug-likeness (QED) is 0.774. The number of halogens is 2. The molecule has 0 fully saturated rings. The second-order valence-electron chi connectivity index (χ2n) is 3.57. The second-order valence-corrected chi connectivity index (χ2v) is 3.57. The van der Waals surface area contributed by atoms with Gasteiger partial charge in [-0.3, -0.25) is 9.59 Å². The summed E-state index contributed by atoms with van der Waals surface area (Å²) in [6.45, 7) is -0.431. The summed E-state index contributed by atoms with van der Waals surface area (Å²) in [7, 11) is 0. The number of aromatic nitrogens is 2. The fraction of sp³-hybridized carbons (Fsp3) is 0.0833. The number of carbonyl (C=O) groups excluding carboxylic acids is 1. The van der Waals surface area contributed by atoms with Crippen molar-refractivity contribution in [2.45, 2.75) is 6.54 Å². The van der Waals surface area contributed by atoms with Gasteiger partial charge in [-0.15, -0.1) is 0 Å². The zero-order valence-corrected chi connectivity index (χ0v) is 9.14. The van der Waals surface area contributed by atoms with Crippen LogP contribution in [-0.2, 0) is 6.54 Å². The van der Waals surface area contributed by atoms with Crippen molar-refractivity contribution in [1.82, 2.24) is 9.78 Å². The van der Waals surface area contributed by atoms with Gasteiger partial charge >= 0.3 is 0 Å². The van der Waals surface area contributed by atoms with Crippen molar-refractivity contribution in [3.05, 3.63) is 64.1 Å². The van der Waals surface area contributed by atoms with E-state index in [2.05, 4.69) is 5.10 Å². The molecule has 18 heavy (non-hydrogen) atoms. The van der Waals surface area contributed by atoms with Gasteiger partial charge in [-0.05, 0) is 24.3 Å². The first-order valence-corrected chi connectivity index (χ1v) is 5.08. The molecule has 0 amide bonds. The zero-order valence-electron chi connectivity index (χ0n) is 9.14. The number of rotatable bonds is 3. The molecule has 0 aliphatic heterocycles. The molecule has 6 heteroatoms. The Morgan fingerprint density at radius 2 is 2.06 bits per heavy atom. The van der Waals surface area contributed by atoms with Gasteiger partial charge in [0.15, 0.2) is 5.78 Å². The van der Waals surface area contributed by atoms with Crippen molar-refractivity contribution in [2.75, 3.05) is 0 Å². The molecule has 0 spiro atoms. The SMILES string of the molecule is O=C(Cn1ncccc1=O)c1cc(F)ccc1F. The highest BCUT2D eigenvalue weighted by Gasteiger charge is 2.14. The topological polar surface area (TPSA) is 52.0 Å². The number of Topliss-reactive ketones (excluding diaryl/α,β-unsaturated/α-hetero) is 1. The average Bonchev–Trinajstić information content (AvgIpc) is 2.35. The van der Waals surface area contributed by atoms with Crippen LogP contribution in [0.15, 0.2) is 41.3 Å². The van der Waals surface area contributed by atoms with Crippen LogP contribution in [0.5, 0.6) is 0 Å². The van der Waals surface area contributed by atoms with Gasteiger partial charge in [0.1, 0.15) is 18.2 Å². The molecule has 0 unspecified atom stereocenters. The first-order valence-electron chi connectivity index (χ1n) is 5.08. The monoisotopic (exact) mass is 250 g/mol. The normalized spacial score (nSPS) is 10.3. The number of carbonyl (C=O) groups is 1. The molecule has 0 bridgehead atoms. The first-order chi connectivity index (χ1) is 8.58. The largest absolute Gasteiger partial charge is 0.292 e. The van der Waals surface area contributed by atoms with E-state index in [0.29, 0.717) is 0 Å². The van der Waals surface area contributed by atoms with Gasteiger partial charge in [-0.1, -0.05) is 0 Å². The summed E-state index contributed by atoms with van der Waals surface area (Å²) in [6, 6.07) is 5.22. The molecule has 0 aliphatic carbocycles. The third-order valence-corrected chi connectivity index (χ3v) is 2.31. The molecule has 0 radical (unpaired) electrons. The smallest absolute Gasteiger partial charge is 0.267 e. The van der Waals surface area contributed by atoms with E-state index in [4.69, 9.17) is 0 Å². The molecule has 4 nitrogen and oxygen atoms in total. The van der Waals surface area contributed by atoms with Crippen LogP contribution < -0.4 is 5.56 Å². The number of benzene rings is 1. The van der Waals surface area contributed by atoms with Crippen LogP contribution in [0, 0.1) is 11.6 Å². The number of hydrogen-bond acceptors (Lipinski definition) is 3. The minimum Gasteiger partial charge on any atom is -0.292 e. The van der Waals surface area contributed by atoms with Crippen molar-refractivity contribution >= 4 is 5.78 Å². The number of ketones is 1. The second kappa shape index (κ2) is 4.87. The van der Waals surface area contributed by atoms with Gasteiger partial charge in [-0.25, -0.2) is 13.5 Å². The summed E-state index contributed by atoms with van der Waals surface area (Å²) in [5, 5.41) is 3.66. The van der Waals surface area contributed by atoms with Crippen LogP contribution in [0.3, 0.4) is 0 Å². The minimum absolute atomic E-state index is 0.396. The predicted molar refractivity (Wildman–Crippen MR) is 59.2 cm³/mol. The number of nitrogens with zero attached hydrogens (tertiary/aromatic N) is 2. The molecule has 1 heterocycles. The van der Waals surface area contributed by atoms with Crippen LogP contribution in [0.25, 0.3) is 0 Å². The maximum Gasteiger partial charge on any atom is 0.267 e. The van der Waals surface area contributed by atoms with Gasteiger partial charge in [-0.2, -0.15) is 5.10 Å². The van der Waals surface area contributed by atoms with E-state index in [1.54, 1.807) is 0 Å². The van der Waals surface area contributed by atoms with Crippen LogP contribution in [-0.4, -0.2) is 15.6 Å². The molecule has 1 aromatic carbocycles. The standard InChI is InChI=1S/C12H8F2N2O2/c13-8-3-4-10(14)9(6-8)11(17)7-16-12(18)2-1-5-15-16/h1-6H,7H2. The summed E-state index contributed by atoms with van der Waals surface area (Å²) in [6.07, 6.45) is 1.33. The van der Waals surface area contributed by atoms with Gasteiger partial charge in [0, 0.05) is 12.3 Å². The molecule has 0 aliphatic rings. The molecule has 1 aromatic heterocycles. The average molecular weight is 250 g/mol. The van der Waals surface area contributed by atoms with E-state index in [0.717, 1.165) is 22.9 Å². The molecule has 0 atom stereocenters.